The van der Waals surface area contributed by atoms with Crippen molar-refractivity contribution in [1.29, 1.82) is 0 Å². The minimum Gasteiger partial charge on any atom is -0.374 e. The van der Waals surface area contributed by atoms with E-state index in [1.165, 1.54) is 37.0 Å². The fraction of sp³-hybridized carbons (Fsp3) is 0.444. The molecule has 1 heterocycles. The highest BCUT2D eigenvalue weighted by molar-refractivity contribution is 7.09. The van der Waals surface area contributed by atoms with Gasteiger partial charge in [0.2, 0.25) is 0 Å². The van der Waals surface area contributed by atoms with Crippen LogP contribution in [0.25, 0.3) is 0 Å². The highest BCUT2D eigenvalue weighted by atomic mass is 35.5. The largest absolute Gasteiger partial charge is 0.374 e. The van der Waals surface area contributed by atoms with Crippen LogP contribution in [0.4, 0.5) is 5.69 Å². The molecule has 0 radical (unpaired) electrons. The number of aromatic nitrogens is 1. The topological polar surface area (TPSA) is 77.2 Å². The van der Waals surface area contributed by atoms with Crippen LogP contribution in [-0.4, -0.2) is 23.5 Å². The average molecular weight is 382 g/mol. The van der Waals surface area contributed by atoms with Crippen LogP contribution < -0.4 is 11.1 Å². The molecule has 136 valence electrons. The van der Waals surface area contributed by atoms with Crippen LogP contribution in [0.2, 0.25) is 0 Å². The molecule has 1 aromatic carbocycles. The molecule has 1 aliphatic carbocycles. The molecule has 0 spiro atoms. The van der Waals surface area contributed by atoms with E-state index >= 15 is 0 Å². The lowest BCUT2D eigenvalue weighted by Crippen LogP contribution is -2.13. The van der Waals surface area contributed by atoms with E-state index in [0.717, 1.165) is 16.3 Å². The fourth-order valence-electron chi connectivity index (χ4n) is 2.80. The number of carbonyl (C=O) groups excluding carboxylic acids is 1. The highest BCUT2D eigenvalue weighted by Gasteiger charge is 2.15. The van der Waals surface area contributed by atoms with E-state index < -0.39 is 0 Å². The molecule has 0 atom stereocenters. The number of thiazole rings is 1. The number of rotatable bonds is 7. The molecule has 1 aromatic heterocycles. The number of hydrogen-bond acceptors (Lipinski definition) is 5. The van der Waals surface area contributed by atoms with Crippen LogP contribution in [0.5, 0.6) is 0 Å². The summed E-state index contributed by atoms with van der Waals surface area (Å²) in [7, 11) is 0. The van der Waals surface area contributed by atoms with Crippen molar-refractivity contribution in [3.8, 4) is 0 Å². The third kappa shape index (κ3) is 5.78. The number of amides is 1. The Morgan fingerprint density at radius 2 is 2.00 bits per heavy atom. The number of carbonyl (C=O) groups is 1. The van der Waals surface area contributed by atoms with Gasteiger partial charge in [0.05, 0.1) is 17.7 Å². The molecule has 2 aromatic rings. The summed E-state index contributed by atoms with van der Waals surface area (Å²) in [6.45, 7) is 1.17. The van der Waals surface area contributed by atoms with Gasteiger partial charge in [-0.3, -0.25) is 4.79 Å². The number of benzene rings is 1. The molecule has 5 nitrogen and oxygen atoms in total. The third-order valence-electron chi connectivity index (χ3n) is 4.14. The first-order chi connectivity index (χ1) is 11.7. The summed E-state index contributed by atoms with van der Waals surface area (Å²) in [5.74, 6) is -0.190. The second kappa shape index (κ2) is 9.87. The molecule has 0 aliphatic heterocycles. The number of anilines is 1. The molecule has 1 aliphatic rings. The minimum absolute atomic E-state index is 0. The summed E-state index contributed by atoms with van der Waals surface area (Å²) in [5.41, 5.74) is 7.83. The molecule has 1 amide bonds. The molecule has 0 unspecified atom stereocenters. The van der Waals surface area contributed by atoms with E-state index in [1.807, 2.05) is 24.3 Å². The summed E-state index contributed by atoms with van der Waals surface area (Å²) in [4.78, 5) is 16.5. The van der Waals surface area contributed by atoms with Crippen molar-refractivity contribution in [3.63, 3.8) is 0 Å². The molecule has 0 saturated heterocycles. The van der Waals surface area contributed by atoms with Crippen LogP contribution in [-0.2, 0) is 17.8 Å². The lowest BCUT2D eigenvalue weighted by molar-refractivity contribution is 0.0457. The van der Waals surface area contributed by atoms with Crippen molar-refractivity contribution in [2.45, 2.75) is 44.8 Å². The van der Waals surface area contributed by atoms with Crippen molar-refractivity contribution < 1.29 is 9.53 Å². The van der Waals surface area contributed by atoms with Crippen LogP contribution in [0.15, 0.2) is 29.6 Å². The Bertz CT molecular complexity index is 669. The van der Waals surface area contributed by atoms with E-state index in [0.29, 0.717) is 31.4 Å². The van der Waals surface area contributed by atoms with Gasteiger partial charge in [-0.15, -0.1) is 23.7 Å². The van der Waals surface area contributed by atoms with E-state index in [4.69, 9.17) is 10.5 Å². The van der Waals surface area contributed by atoms with Crippen molar-refractivity contribution in [2.75, 3.05) is 11.9 Å². The van der Waals surface area contributed by atoms with E-state index in [1.54, 1.807) is 5.38 Å². The number of hydrogen-bond donors (Lipinski definition) is 2. The summed E-state index contributed by atoms with van der Waals surface area (Å²) in [6.07, 6.45) is 6.02. The van der Waals surface area contributed by atoms with Crippen molar-refractivity contribution in [1.82, 2.24) is 4.98 Å². The first-order valence-electron chi connectivity index (χ1n) is 8.41. The number of nitrogens with zero attached hydrogens (tertiary/aromatic N) is 1. The SMILES string of the molecule is Cl.NCCc1nc(C(=O)Nc2ccc(COC3CCCC3)cc2)cs1. The first-order valence-corrected chi connectivity index (χ1v) is 9.29. The van der Waals surface area contributed by atoms with Gasteiger partial charge in [0.1, 0.15) is 5.69 Å². The van der Waals surface area contributed by atoms with Crippen molar-refractivity contribution >= 4 is 35.3 Å². The fourth-order valence-corrected chi connectivity index (χ4v) is 3.60. The average Bonchev–Trinajstić information content (AvgIpc) is 3.26. The van der Waals surface area contributed by atoms with Crippen LogP contribution in [0.1, 0.15) is 46.7 Å². The summed E-state index contributed by atoms with van der Waals surface area (Å²) in [5, 5.41) is 5.53. The van der Waals surface area contributed by atoms with Crippen LogP contribution in [0.3, 0.4) is 0 Å². The summed E-state index contributed by atoms with van der Waals surface area (Å²) in [6, 6.07) is 7.79. The first kappa shape index (κ1) is 19.8. The maximum atomic E-state index is 12.2. The Hall–Kier alpha value is -1.47. The lowest BCUT2D eigenvalue weighted by Gasteiger charge is -2.11. The molecule has 25 heavy (non-hydrogen) atoms. The molecule has 1 saturated carbocycles. The number of nitrogens with one attached hydrogen (secondary N) is 1. The molecule has 7 heteroatoms. The van der Waals surface area contributed by atoms with Gasteiger partial charge in [-0.2, -0.15) is 0 Å². The van der Waals surface area contributed by atoms with E-state index in [9.17, 15) is 4.79 Å². The summed E-state index contributed by atoms with van der Waals surface area (Å²) >= 11 is 1.47. The van der Waals surface area contributed by atoms with Gasteiger partial charge in [0.15, 0.2) is 0 Å². The van der Waals surface area contributed by atoms with Gasteiger partial charge in [0.25, 0.3) is 5.91 Å². The maximum Gasteiger partial charge on any atom is 0.275 e. The predicted molar refractivity (Wildman–Crippen MR) is 104 cm³/mol. The van der Waals surface area contributed by atoms with Crippen LogP contribution in [0, 0.1) is 0 Å². The maximum absolute atomic E-state index is 12.2. The van der Waals surface area contributed by atoms with Gasteiger partial charge in [-0.1, -0.05) is 25.0 Å². The summed E-state index contributed by atoms with van der Waals surface area (Å²) < 4.78 is 5.90. The molecular weight excluding hydrogens is 358 g/mol. The highest BCUT2D eigenvalue weighted by Crippen LogP contribution is 2.22. The van der Waals surface area contributed by atoms with Crippen LogP contribution >= 0.6 is 23.7 Å². The zero-order chi connectivity index (χ0) is 16.8. The van der Waals surface area contributed by atoms with Gasteiger partial charge < -0.3 is 15.8 Å². The Morgan fingerprint density at radius 3 is 2.68 bits per heavy atom. The molecule has 3 rings (SSSR count). The second-order valence-corrected chi connectivity index (χ2v) is 6.98. The minimum atomic E-state index is -0.190. The Balaban J connectivity index is 0.00000225. The van der Waals surface area contributed by atoms with Gasteiger partial charge in [-0.05, 0) is 37.1 Å². The zero-order valence-electron chi connectivity index (χ0n) is 14.1. The Labute approximate surface area is 158 Å². The second-order valence-electron chi connectivity index (χ2n) is 6.03. The van der Waals surface area contributed by atoms with Gasteiger partial charge in [-0.25, -0.2) is 4.98 Å². The third-order valence-corrected chi connectivity index (χ3v) is 5.05. The number of halogens is 1. The quantitative estimate of drug-likeness (QED) is 0.765. The molecule has 3 N–H and O–H groups in total. The lowest BCUT2D eigenvalue weighted by atomic mass is 10.2. The number of ether oxygens (including phenoxy) is 1. The van der Waals surface area contributed by atoms with E-state index in [2.05, 4.69) is 10.3 Å². The Kier molecular flexibility index (Phi) is 7.84. The zero-order valence-corrected chi connectivity index (χ0v) is 15.7. The van der Waals surface area contributed by atoms with Crippen molar-refractivity contribution in [2.24, 2.45) is 5.73 Å². The predicted octanol–water partition coefficient (Wildman–Crippen LogP) is 3.78. The molecule has 1 fully saturated rings. The standard InChI is InChI=1S/C18H23N3O2S.ClH/c19-10-9-17-21-16(12-24-17)18(22)20-14-7-5-13(6-8-14)11-23-15-3-1-2-4-15;/h5-8,12,15H,1-4,9-11,19H2,(H,20,22);1H. The van der Waals surface area contributed by atoms with Gasteiger partial charge in [0, 0.05) is 17.5 Å². The Morgan fingerprint density at radius 1 is 1.28 bits per heavy atom. The van der Waals surface area contributed by atoms with Gasteiger partial charge >= 0.3 is 0 Å². The van der Waals surface area contributed by atoms with Crippen molar-refractivity contribution in [3.05, 3.63) is 45.9 Å². The smallest absolute Gasteiger partial charge is 0.275 e. The monoisotopic (exact) mass is 381 g/mol. The molecule has 0 bridgehead atoms. The van der Waals surface area contributed by atoms with E-state index in [-0.39, 0.29) is 18.3 Å². The normalized spacial score (nSPS) is 14.3. The molecular formula is C18H24ClN3O2S. The number of nitrogens with two attached hydrogens (primary N) is 1.